The van der Waals surface area contributed by atoms with Gasteiger partial charge in [0.2, 0.25) is 0 Å². The normalized spacial score (nSPS) is 19.9. The number of amides is 1. The van der Waals surface area contributed by atoms with Crippen LogP contribution in [0.2, 0.25) is 0 Å². The lowest BCUT2D eigenvalue weighted by Crippen LogP contribution is -2.35. The Morgan fingerprint density at radius 2 is 2.17 bits per heavy atom. The molecule has 5 nitrogen and oxygen atoms in total. The Morgan fingerprint density at radius 3 is 2.61 bits per heavy atom. The van der Waals surface area contributed by atoms with Crippen LogP contribution >= 0.6 is 0 Å². The van der Waals surface area contributed by atoms with E-state index in [0.717, 1.165) is 6.42 Å². The SMILES string of the molecule is CC(C)(C)OC(=O)NCC1CC=C(C(=O)O)CC1. The molecule has 0 aromatic carbocycles. The molecule has 1 aliphatic rings. The highest BCUT2D eigenvalue weighted by molar-refractivity contribution is 5.86. The van der Waals surface area contributed by atoms with Crippen LogP contribution in [0.5, 0.6) is 0 Å². The molecule has 0 saturated heterocycles. The predicted octanol–water partition coefficient (Wildman–Crippen LogP) is 2.32. The second-order valence-electron chi connectivity index (χ2n) is 5.56. The van der Waals surface area contributed by atoms with E-state index in [2.05, 4.69) is 5.32 Å². The first kappa shape index (κ1) is 14.5. The molecule has 1 unspecified atom stereocenters. The van der Waals surface area contributed by atoms with Crippen LogP contribution in [0.15, 0.2) is 11.6 Å². The maximum atomic E-state index is 11.4. The van der Waals surface area contributed by atoms with E-state index in [1.807, 2.05) is 20.8 Å². The van der Waals surface area contributed by atoms with Crippen LogP contribution in [0.1, 0.15) is 40.0 Å². The van der Waals surface area contributed by atoms with Gasteiger partial charge in [0.25, 0.3) is 0 Å². The van der Waals surface area contributed by atoms with Crippen molar-refractivity contribution in [1.29, 1.82) is 0 Å². The lowest BCUT2D eigenvalue weighted by atomic mass is 9.89. The predicted molar refractivity (Wildman–Crippen MR) is 67.3 cm³/mol. The molecule has 0 heterocycles. The van der Waals surface area contributed by atoms with Gasteiger partial charge in [-0.15, -0.1) is 0 Å². The highest BCUT2D eigenvalue weighted by atomic mass is 16.6. The lowest BCUT2D eigenvalue weighted by Gasteiger charge is -2.23. The van der Waals surface area contributed by atoms with Gasteiger partial charge in [-0.3, -0.25) is 0 Å². The summed E-state index contributed by atoms with van der Waals surface area (Å²) in [6.45, 7) is 5.97. The van der Waals surface area contributed by atoms with E-state index in [4.69, 9.17) is 9.84 Å². The summed E-state index contributed by atoms with van der Waals surface area (Å²) >= 11 is 0. The number of carbonyl (C=O) groups is 2. The number of aliphatic carboxylic acids is 1. The third kappa shape index (κ3) is 5.21. The Morgan fingerprint density at radius 1 is 1.50 bits per heavy atom. The average Bonchev–Trinajstić information content (AvgIpc) is 2.24. The maximum absolute atomic E-state index is 11.4. The number of carboxylic acid groups (broad SMARTS) is 1. The van der Waals surface area contributed by atoms with Crippen LogP contribution in [-0.4, -0.2) is 29.3 Å². The standard InChI is InChI=1S/C13H21NO4/c1-13(2,3)18-12(17)14-8-9-4-6-10(7-5-9)11(15)16/h6,9H,4-5,7-8H2,1-3H3,(H,14,17)(H,15,16). The van der Waals surface area contributed by atoms with E-state index in [9.17, 15) is 9.59 Å². The minimum absolute atomic E-state index is 0.292. The summed E-state index contributed by atoms with van der Waals surface area (Å²) in [6, 6.07) is 0. The minimum Gasteiger partial charge on any atom is -0.478 e. The monoisotopic (exact) mass is 255 g/mol. The molecule has 102 valence electrons. The van der Waals surface area contributed by atoms with Crippen LogP contribution in [0, 0.1) is 5.92 Å². The molecule has 0 aromatic heterocycles. The molecular weight excluding hydrogens is 234 g/mol. The largest absolute Gasteiger partial charge is 0.478 e. The molecule has 0 spiro atoms. The second kappa shape index (κ2) is 5.89. The van der Waals surface area contributed by atoms with Crippen molar-refractivity contribution in [3.63, 3.8) is 0 Å². The molecule has 0 aliphatic heterocycles. The molecule has 1 amide bonds. The van der Waals surface area contributed by atoms with Crippen LogP contribution in [0.3, 0.4) is 0 Å². The maximum Gasteiger partial charge on any atom is 0.407 e. The van der Waals surface area contributed by atoms with Crippen LogP contribution < -0.4 is 5.32 Å². The fourth-order valence-corrected chi connectivity index (χ4v) is 1.81. The Labute approximate surface area is 107 Å². The Balaban J connectivity index is 2.30. The summed E-state index contributed by atoms with van der Waals surface area (Å²) in [5, 5.41) is 11.5. The zero-order valence-electron chi connectivity index (χ0n) is 11.2. The Hall–Kier alpha value is -1.52. The highest BCUT2D eigenvalue weighted by Gasteiger charge is 2.20. The summed E-state index contributed by atoms with van der Waals surface area (Å²) in [7, 11) is 0. The molecule has 0 bridgehead atoms. The van der Waals surface area contributed by atoms with Gasteiger partial charge in [-0.2, -0.15) is 0 Å². The van der Waals surface area contributed by atoms with Crippen molar-refractivity contribution in [2.75, 3.05) is 6.54 Å². The summed E-state index contributed by atoms with van der Waals surface area (Å²) in [5.74, 6) is -0.547. The van der Waals surface area contributed by atoms with E-state index in [1.165, 1.54) is 0 Å². The Kier molecular flexibility index (Phi) is 4.76. The van der Waals surface area contributed by atoms with Gasteiger partial charge >= 0.3 is 12.1 Å². The zero-order valence-corrected chi connectivity index (χ0v) is 11.2. The van der Waals surface area contributed by atoms with E-state index in [-0.39, 0.29) is 0 Å². The Bertz CT molecular complexity index is 354. The number of carboxylic acids is 1. The van der Waals surface area contributed by atoms with Gasteiger partial charge in [0.15, 0.2) is 0 Å². The lowest BCUT2D eigenvalue weighted by molar-refractivity contribution is -0.132. The van der Waals surface area contributed by atoms with Gasteiger partial charge in [-0.05, 0) is 46.0 Å². The summed E-state index contributed by atoms with van der Waals surface area (Å²) < 4.78 is 5.13. The first-order valence-corrected chi connectivity index (χ1v) is 6.17. The van der Waals surface area contributed by atoms with Crippen molar-refractivity contribution in [2.24, 2.45) is 5.92 Å². The van der Waals surface area contributed by atoms with Gasteiger partial charge in [0.05, 0.1) is 0 Å². The highest BCUT2D eigenvalue weighted by Crippen LogP contribution is 2.23. The van der Waals surface area contributed by atoms with Crippen LogP contribution in [0.4, 0.5) is 4.79 Å². The van der Waals surface area contributed by atoms with Gasteiger partial charge in [0, 0.05) is 12.1 Å². The van der Waals surface area contributed by atoms with Crippen molar-refractivity contribution in [3.8, 4) is 0 Å². The third-order valence-corrected chi connectivity index (χ3v) is 2.73. The quantitative estimate of drug-likeness (QED) is 0.811. The molecule has 18 heavy (non-hydrogen) atoms. The number of hydrogen-bond donors (Lipinski definition) is 2. The number of ether oxygens (including phenoxy) is 1. The first-order chi connectivity index (χ1) is 8.28. The first-order valence-electron chi connectivity index (χ1n) is 6.17. The van der Waals surface area contributed by atoms with Crippen molar-refractivity contribution in [1.82, 2.24) is 5.32 Å². The van der Waals surface area contributed by atoms with Crippen LogP contribution in [-0.2, 0) is 9.53 Å². The van der Waals surface area contributed by atoms with Gasteiger partial charge < -0.3 is 15.2 Å². The molecular formula is C13H21NO4. The summed E-state index contributed by atoms with van der Waals surface area (Å²) in [6.07, 6.45) is 3.37. The fraction of sp³-hybridized carbons (Fsp3) is 0.692. The molecule has 1 aliphatic carbocycles. The average molecular weight is 255 g/mol. The number of allylic oxidation sites excluding steroid dienone is 1. The van der Waals surface area contributed by atoms with Gasteiger partial charge in [-0.1, -0.05) is 6.08 Å². The fourth-order valence-electron chi connectivity index (χ4n) is 1.81. The smallest absolute Gasteiger partial charge is 0.407 e. The van der Waals surface area contributed by atoms with E-state index >= 15 is 0 Å². The molecule has 0 radical (unpaired) electrons. The van der Waals surface area contributed by atoms with Gasteiger partial charge in [0.1, 0.15) is 5.60 Å². The summed E-state index contributed by atoms with van der Waals surface area (Å²) in [5.41, 5.74) is -0.0175. The van der Waals surface area contributed by atoms with Crippen LogP contribution in [0.25, 0.3) is 0 Å². The second-order valence-corrected chi connectivity index (χ2v) is 5.56. The van der Waals surface area contributed by atoms with E-state index < -0.39 is 17.7 Å². The van der Waals surface area contributed by atoms with Crippen molar-refractivity contribution in [2.45, 2.75) is 45.6 Å². The number of alkyl carbamates (subject to hydrolysis) is 1. The number of carbonyl (C=O) groups excluding carboxylic acids is 1. The molecule has 5 heteroatoms. The minimum atomic E-state index is -0.839. The third-order valence-electron chi connectivity index (χ3n) is 2.73. The number of hydrogen-bond acceptors (Lipinski definition) is 3. The van der Waals surface area contributed by atoms with Gasteiger partial charge in [-0.25, -0.2) is 9.59 Å². The molecule has 0 aromatic rings. The molecule has 0 fully saturated rings. The van der Waals surface area contributed by atoms with E-state index in [1.54, 1.807) is 6.08 Å². The molecule has 2 N–H and O–H groups in total. The molecule has 1 rings (SSSR count). The van der Waals surface area contributed by atoms with Crippen molar-refractivity contribution < 1.29 is 19.4 Å². The molecule has 1 atom stereocenters. The number of nitrogens with one attached hydrogen (secondary N) is 1. The topological polar surface area (TPSA) is 75.6 Å². The summed E-state index contributed by atoms with van der Waals surface area (Å²) in [4.78, 5) is 22.2. The zero-order chi connectivity index (χ0) is 13.8. The van der Waals surface area contributed by atoms with Crippen molar-refractivity contribution >= 4 is 12.1 Å². The number of rotatable bonds is 3. The van der Waals surface area contributed by atoms with Crippen molar-refractivity contribution in [3.05, 3.63) is 11.6 Å². The van der Waals surface area contributed by atoms with E-state index in [0.29, 0.717) is 30.9 Å². The molecule has 0 saturated carbocycles.